The third kappa shape index (κ3) is 1.86. The van der Waals surface area contributed by atoms with Crippen molar-refractivity contribution in [1.29, 1.82) is 0 Å². The average molecular weight is 162 g/mol. The molecule has 2 N–H and O–H groups in total. The number of nitrogens with two attached hydrogens (primary N) is 1. The van der Waals surface area contributed by atoms with Crippen LogP contribution in [-0.4, -0.2) is 23.6 Å². The number of anilines is 2. The molecule has 0 aliphatic rings. The number of nitrogens with zero attached hydrogens (tertiary/aromatic N) is 3. The summed E-state index contributed by atoms with van der Waals surface area (Å²) in [7, 11) is 1.82. The van der Waals surface area contributed by atoms with Crippen molar-refractivity contribution < 1.29 is 0 Å². The van der Waals surface area contributed by atoms with E-state index < -0.39 is 0 Å². The van der Waals surface area contributed by atoms with Crippen molar-refractivity contribution in [3.63, 3.8) is 0 Å². The first-order valence-corrected chi connectivity index (χ1v) is 3.46. The van der Waals surface area contributed by atoms with Gasteiger partial charge in [0.1, 0.15) is 0 Å². The van der Waals surface area contributed by atoms with E-state index in [1.165, 1.54) is 0 Å². The molecule has 1 heterocycles. The van der Waals surface area contributed by atoms with Crippen molar-refractivity contribution >= 4 is 11.6 Å². The molecule has 0 saturated carbocycles. The van der Waals surface area contributed by atoms with E-state index in [0.29, 0.717) is 18.2 Å². The molecule has 12 heavy (non-hydrogen) atoms. The van der Waals surface area contributed by atoms with Crippen molar-refractivity contribution in [3.05, 3.63) is 12.4 Å². The molecular formula is C8H10N4. The Balaban J connectivity index is 2.76. The van der Waals surface area contributed by atoms with Crippen LogP contribution in [0.5, 0.6) is 0 Å². The zero-order valence-electron chi connectivity index (χ0n) is 6.86. The van der Waals surface area contributed by atoms with Crippen LogP contribution in [0.3, 0.4) is 0 Å². The van der Waals surface area contributed by atoms with E-state index in [4.69, 9.17) is 12.2 Å². The van der Waals surface area contributed by atoms with Gasteiger partial charge in [-0.25, -0.2) is 9.97 Å². The molecule has 0 spiro atoms. The maximum absolute atomic E-state index is 5.42. The molecule has 62 valence electrons. The molecule has 0 unspecified atom stereocenters. The molecule has 0 aromatic carbocycles. The van der Waals surface area contributed by atoms with E-state index in [1.54, 1.807) is 17.3 Å². The van der Waals surface area contributed by atoms with Gasteiger partial charge in [-0.05, 0) is 0 Å². The lowest BCUT2D eigenvalue weighted by atomic mass is 10.5. The van der Waals surface area contributed by atoms with E-state index in [1.807, 2.05) is 7.05 Å². The highest BCUT2D eigenvalue weighted by molar-refractivity contribution is 5.37. The number of hydrogen-bond acceptors (Lipinski definition) is 4. The van der Waals surface area contributed by atoms with Gasteiger partial charge in [0.05, 0.1) is 24.6 Å². The molecule has 0 fully saturated rings. The summed E-state index contributed by atoms with van der Waals surface area (Å²) in [5.41, 5.74) is 5.97. The molecule has 0 radical (unpaired) electrons. The lowest BCUT2D eigenvalue weighted by molar-refractivity contribution is 0.955. The van der Waals surface area contributed by atoms with Gasteiger partial charge in [-0.15, -0.1) is 6.42 Å². The molecule has 0 aliphatic heterocycles. The van der Waals surface area contributed by atoms with Crippen LogP contribution in [0.2, 0.25) is 0 Å². The molecule has 4 nitrogen and oxygen atoms in total. The fourth-order valence-electron chi connectivity index (χ4n) is 0.736. The summed E-state index contributed by atoms with van der Waals surface area (Å²) in [6.07, 6.45) is 8.23. The summed E-state index contributed by atoms with van der Waals surface area (Å²) < 4.78 is 0. The monoisotopic (exact) mass is 162 g/mol. The Morgan fingerprint density at radius 3 is 2.67 bits per heavy atom. The average Bonchev–Trinajstić information content (AvgIpc) is 2.06. The molecule has 1 aromatic rings. The van der Waals surface area contributed by atoms with Crippen LogP contribution in [0.25, 0.3) is 0 Å². The van der Waals surface area contributed by atoms with Crippen molar-refractivity contribution in [3.8, 4) is 12.3 Å². The maximum Gasteiger partial charge on any atom is 0.225 e. The normalized spacial score (nSPS) is 9.00. The lowest BCUT2D eigenvalue weighted by Crippen LogP contribution is -2.19. The molecule has 0 saturated heterocycles. The number of rotatable bonds is 2. The van der Waals surface area contributed by atoms with Gasteiger partial charge in [-0.2, -0.15) is 0 Å². The van der Waals surface area contributed by atoms with Crippen LogP contribution < -0.4 is 10.6 Å². The van der Waals surface area contributed by atoms with E-state index in [-0.39, 0.29) is 0 Å². The van der Waals surface area contributed by atoms with Crippen molar-refractivity contribution in [1.82, 2.24) is 9.97 Å². The third-order valence-corrected chi connectivity index (χ3v) is 1.33. The van der Waals surface area contributed by atoms with Crippen molar-refractivity contribution in [2.45, 2.75) is 0 Å². The van der Waals surface area contributed by atoms with Crippen LogP contribution in [0.1, 0.15) is 0 Å². The Morgan fingerprint density at radius 2 is 2.17 bits per heavy atom. The van der Waals surface area contributed by atoms with E-state index >= 15 is 0 Å². The smallest absolute Gasteiger partial charge is 0.225 e. The molecule has 0 amide bonds. The Kier molecular flexibility index (Phi) is 2.49. The highest BCUT2D eigenvalue weighted by Gasteiger charge is 2.00. The molecule has 0 aliphatic carbocycles. The van der Waals surface area contributed by atoms with Gasteiger partial charge in [0, 0.05) is 7.05 Å². The molecule has 1 aromatic heterocycles. The quantitative estimate of drug-likeness (QED) is 0.628. The maximum atomic E-state index is 5.42. The summed E-state index contributed by atoms with van der Waals surface area (Å²) in [4.78, 5) is 9.75. The number of hydrogen-bond donors (Lipinski definition) is 1. The van der Waals surface area contributed by atoms with Crippen LogP contribution >= 0.6 is 0 Å². The fourth-order valence-corrected chi connectivity index (χ4v) is 0.736. The van der Waals surface area contributed by atoms with E-state index in [2.05, 4.69) is 15.9 Å². The predicted octanol–water partition coefficient (Wildman–Crippen LogP) is 0.128. The molecular weight excluding hydrogens is 152 g/mol. The van der Waals surface area contributed by atoms with Gasteiger partial charge >= 0.3 is 0 Å². The highest BCUT2D eigenvalue weighted by Crippen LogP contribution is 2.04. The summed E-state index contributed by atoms with van der Waals surface area (Å²) in [6.45, 7) is 0.490. The first kappa shape index (κ1) is 8.34. The minimum Gasteiger partial charge on any atom is -0.396 e. The summed E-state index contributed by atoms with van der Waals surface area (Å²) >= 11 is 0. The zero-order chi connectivity index (χ0) is 8.97. The minimum atomic E-state index is 0.490. The summed E-state index contributed by atoms with van der Waals surface area (Å²) in [5, 5.41) is 0. The first-order valence-electron chi connectivity index (χ1n) is 3.46. The van der Waals surface area contributed by atoms with Gasteiger partial charge in [-0.1, -0.05) is 5.92 Å². The second kappa shape index (κ2) is 3.58. The van der Waals surface area contributed by atoms with E-state index in [0.717, 1.165) is 0 Å². The predicted molar refractivity (Wildman–Crippen MR) is 48.5 cm³/mol. The van der Waals surface area contributed by atoms with Gasteiger partial charge < -0.3 is 10.6 Å². The molecule has 0 bridgehead atoms. The van der Waals surface area contributed by atoms with Gasteiger partial charge in [0.15, 0.2) is 0 Å². The molecule has 4 heteroatoms. The Hall–Kier alpha value is -1.76. The summed E-state index contributed by atoms with van der Waals surface area (Å²) in [5.74, 6) is 3.08. The fraction of sp³-hybridized carbons (Fsp3) is 0.250. The van der Waals surface area contributed by atoms with Gasteiger partial charge in [-0.3, -0.25) is 0 Å². The Morgan fingerprint density at radius 1 is 1.58 bits per heavy atom. The second-order valence-electron chi connectivity index (χ2n) is 2.38. The number of nitrogen functional groups attached to an aromatic ring is 1. The van der Waals surface area contributed by atoms with Crippen molar-refractivity contribution in [2.24, 2.45) is 0 Å². The Labute approximate surface area is 71.4 Å². The van der Waals surface area contributed by atoms with Crippen LogP contribution in [0.15, 0.2) is 12.4 Å². The van der Waals surface area contributed by atoms with Gasteiger partial charge in [0.25, 0.3) is 0 Å². The lowest BCUT2D eigenvalue weighted by Gasteiger charge is -2.12. The summed E-state index contributed by atoms with van der Waals surface area (Å²) in [6, 6.07) is 0. The SMILES string of the molecule is C#CCN(C)c1ncc(N)cn1. The van der Waals surface area contributed by atoms with Crippen molar-refractivity contribution in [2.75, 3.05) is 24.2 Å². The second-order valence-corrected chi connectivity index (χ2v) is 2.38. The van der Waals surface area contributed by atoms with E-state index in [9.17, 15) is 0 Å². The molecule has 1 rings (SSSR count). The topological polar surface area (TPSA) is 55.0 Å². The van der Waals surface area contributed by atoms with Crippen LogP contribution in [-0.2, 0) is 0 Å². The molecule has 0 atom stereocenters. The van der Waals surface area contributed by atoms with Crippen LogP contribution in [0.4, 0.5) is 11.6 Å². The number of aromatic nitrogens is 2. The largest absolute Gasteiger partial charge is 0.396 e. The standard InChI is InChI=1S/C8H10N4/c1-3-4-12(2)8-10-5-7(9)6-11-8/h1,5-6H,4,9H2,2H3. The van der Waals surface area contributed by atoms with Crippen LogP contribution in [0, 0.1) is 12.3 Å². The third-order valence-electron chi connectivity index (χ3n) is 1.33. The Bertz CT molecular complexity index is 285. The van der Waals surface area contributed by atoms with Gasteiger partial charge in [0.2, 0.25) is 5.95 Å². The highest BCUT2D eigenvalue weighted by atomic mass is 15.2. The zero-order valence-corrected chi connectivity index (χ0v) is 6.86. The first-order chi connectivity index (χ1) is 5.74. The number of terminal acetylenes is 1. The minimum absolute atomic E-state index is 0.490.